The minimum Gasteiger partial charge on any atom is -0.465 e. The lowest BCUT2D eigenvalue weighted by atomic mass is 9.68. The molecule has 656 valence electrons. The van der Waals surface area contributed by atoms with Crippen LogP contribution in [-0.2, 0) is 57.2 Å². The van der Waals surface area contributed by atoms with Gasteiger partial charge in [0.2, 0.25) is 0 Å². The number of terminal acetylenes is 2. The fraction of sp³-hybridized carbons (Fsp3) is 0.455. The van der Waals surface area contributed by atoms with E-state index in [1.54, 1.807) is 62.4 Å². The van der Waals surface area contributed by atoms with Gasteiger partial charge in [0.25, 0.3) is 0 Å². The predicted molar refractivity (Wildman–Crippen MR) is 486 cm³/mol. The van der Waals surface area contributed by atoms with Crippen LogP contribution < -0.4 is 9.47 Å². The standard InChI is InChI=1S/C56H62O8.C54H58O8/c1-5-42-12-14-43(15-13-42)16-17-44-18-20-45(21-19-44)32-35-56(36-33-47(34-37-56)46-22-10-41(4)11-23-46)64-55(60)50-28-30-51(31-29-50)63-54(59)49-26-24-48(25-27-49)53(58)62-39-9-7-6-8-38-61-52(57)40(2)3;1-5-40-10-12-41(13-11-40)14-15-42-16-18-43(19-17-42)30-33-54(34-31-45(32-35-54)44-20-8-39(4)9-21-44)62-53(58)48-26-28-49(29-27-48)61-52(57)47-24-22-46(23-25-47)51(56)60-37-7-6-36-59-50(55)38(2)3/h1,12-15,18-21,28-31,41,46-49H,2,6-11,22-27,33-34,36-39H2,3-4H3;1,10-13,16-19,26-29,39,44-47H,2,6-9,20-25,31-32,34-37H2,3-4H3. The molecule has 6 aromatic carbocycles. The first kappa shape index (κ1) is 94.6. The summed E-state index contributed by atoms with van der Waals surface area (Å²) in [4.78, 5) is 102. The highest BCUT2D eigenvalue weighted by Gasteiger charge is 2.43. The van der Waals surface area contributed by atoms with E-state index < -0.39 is 29.1 Å². The molecule has 16 nitrogen and oxygen atoms in total. The molecule has 16 heteroatoms. The van der Waals surface area contributed by atoms with Crippen LogP contribution in [0.3, 0.4) is 0 Å². The van der Waals surface area contributed by atoms with Gasteiger partial charge in [-0.25, -0.2) is 19.2 Å². The Morgan fingerprint density at radius 3 is 0.857 bits per heavy atom. The van der Waals surface area contributed by atoms with E-state index in [-0.39, 0.29) is 66.7 Å². The average Bonchev–Trinajstić information content (AvgIpc) is 0.804. The molecule has 12 rings (SSSR count). The molecule has 0 amide bonds. The van der Waals surface area contributed by atoms with E-state index in [1.165, 1.54) is 51.4 Å². The number of esters is 8. The van der Waals surface area contributed by atoms with E-state index in [0.29, 0.717) is 161 Å². The molecule has 0 atom stereocenters. The molecule has 6 aliphatic rings. The predicted octanol–water partition coefficient (Wildman–Crippen LogP) is 21.2. The van der Waals surface area contributed by atoms with Gasteiger partial charge in [-0.15, -0.1) is 12.8 Å². The quantitative estimate of drug-likeness (QED) is 0.0123. The molecule has 0 radical (unpaired) electrons. The van der Waals surface area contributed by atoms with Crippen LogP contribution in [-0.4, -0.2) is 85.4 Å². The molecule has 0 spiro atoms. The number of benzene rings is 6. The fourth-order valence-electron chi connectivity index (χ4n) is 17.6. The molecular weight excluding hydrogens is 1580 g/mol. The van der Waals surface area contributed by atoms with Gasteiger partial charge in [-0.05, 0) is 374 Å². The SMILES string of the molecule is C#Cc1ccc(C#Cc2ccc(C#CC3(OC(=O)c4ccc(OC(=O)C5CCC(C(=O)OCCCCCCOC(=O)C(=C)C)CC5)cc4)CCC(C4CCC(C)CC4)CC3)cc2)cc1.C#Cc1ccc(C#Cc2ccc(C#CC3(OC(=O)c4ccc(OC(=O)C5CCC(C(=O)OCCCCOC(=O)C(=C)C)CC5)cc4)CCC(C4CCC(C)CC4)CC3)cc2)cc1. The van der Waals surface area contributed by atoms with Crippen molar-refractivity contribution in [3.8, 4) is 83.6 Å². The summed E-state index contributed by atoms with van der Waals surface area (Å²) in [5.41, 5.74) is 6.40. The molecule has 6 aromatic rings. The number of unbranched alkanes of at least 4 members (excludes halogenated alkanes) is 4. The molecule has 0 aliphatic heterocycles. The van der Waals surface area contributed by atoms with Gasteiger partial charge in [-0.1, -0.05) is 100 Å². The molecule has 0 unspecified atom stereocenters. The maximum atomic E-state index is 13.8. The van der Waals surface area contributed by atoms with E-state index in [4.69, 9.17) is 50.7 Å². The summed E-state index contributed by atoms with van der Waals surface area (Å²) in [7, 11) is 0. The monoisotopic (exact) mass is 1700 g/mol. The van der Waals surface area contributed by atoms with Gasteiger partial charge in [0.05, 0.1) is 61.2 Å². The summed E-state index contributed by atoms with van der Waals surface area (Å²) in [5.74, 6) is 32.4. The van der Waals surface area contributed by atoms with Gasteiger partial charge in [0, 0.05) is 55.7 Å². The molecule has 0 N–H and O–H groups in total. The van der Waals surface area contributed by atoms with Gasteiger partial charge in [0.15, 0.2) is 11.2 Å². The number of carbonyl (C=O) groups excluding carboxylic acids is 8. The van der Waals surface area contributed by atoms with Crippen LogP contribution in [0.25, 0.3) is 0 Å². The zero-order valence-corrected chi connectivity index (χ0v) is 73.8. The molecule has 0 aromatic heterocycles. The average molecular weight is 1700 g/mol. The smallest absolute Gasteiger partial charge is 0.339 e. The van der Waals surface area contributed by atoms with Crippen molar-refractivity contribution in [2.75, 3.05) is 26.4 Å². The molecule has 6 fully saturated rings. The minimum absolute atomic E-state index is 0.218. The summed E-state index contributed by atoms with van der Waals surface area (Å²) in [6.45, 7) is 16.2. The van der Waals surface area contributed by atoms with E-state index in [1.807, 2.05) is 97.1 Å². The van der Waals surface area contributed by atoms with Crippen LogP contribution in [0.5, 0.6) is 11.5 Å². The number of ether oxygens (including phenoxy) is 8. The third-order valence-corrected chi connectivity index (χ3v) is 25.8. The van der Waals surface area contributed by atoms with Crippen molar-refractivity contribution in [1.82, 2.24) is 0 Å². The van der Waals surface area contributed by atoms with Crippen molar-refractivity contribution in [1.29, 1.82) is 0 Å². The van der Waals surface area contributed by atoms with Crippen LogP contribution >= 0.6 is 0 Å². The molecule has 0 saturated heterocycles. The highest BCUT2D eigenvalue weighted by molar-refractivity contribution is 5.91. The molecule has 0 bridgehead atoms. The van der Waals surface area contributed by atoms with E-state index in [2.05, 4.69) is 86.2 Å². The zero-order chi connectivity index (χ0) is 89.2. The third-order valence-electron chi connectivity index (χ3n) is 25.8. The van der Waals surface area contributed by atoms with E-state index in [9.17, 15) is 38.4 Å². The number of hydrogen-bond donors (Lipinski definition) is 0. The Bertz CT molecular complexity index is 5080. The topological polar surface area (TPSA) is 210 Å². The Labute approximate surface area is 746 Å². The second-order valence-electron chi connectivity index (χ2n) is 35.4. The highest BCUT2D eigenvalue weighted by Crippen LogP contribution is 2.46. The van der Waals surface area contributed by atoms with Gasteiger partial charge in [-0.2, -0.15) is 0 Å². The van der Waals surface area contributed by atoms with Gasteiger partial charge >= 0.3 is 47.8 Å². The lowest BCUT2D eigenvalue weighted by Gasteiger charge is -2.40. The lowest BCUT2D eigenvalue weighted by molar-refractivity contribution is -0.152. The summed E-state index contributed by atoms with van der Waals surface area (Å²) in [5, 5.41) is 0. The Balaban J connectivity index is 0.000000245. The van der Waals surface area contributed by atoms with Crippen LogP contribution in [0.1, 0.15) is 286 Å². The molecule has 0 heterocycles. The largest absolute Gasteiger partial charge is 0.465 e. The van der Waals surface area contributed by atoms with Crippen LogP contribution in [0, 0.1) is 131 Å². The van der Waals surface area contributed by atoms with E-state index >= 15 is 0 Å². The summed E-state index contributed by atoms with van der Waals surface area (Å²) in [6.07, 6.45) is 36.4. The zero-order valence-electron chi connectivity index (χ0n) is 73.8. The van der Waals surface area contributed by atoms with Crippen LogP contribution in [0.15, 0.2) is 170 Å². The summed E-state index contributed by atoms with van der Waals surface area (Å²) >= 11 is 0. The Morgan fingerprint density at radius 2 is 0.571 bits per heavy atom. The van der Waals surface area contributed by atoms with Crippen molar-refractivity contribution < 1.29 is 76.3 Å². The minimum atomic E-state index is -0.920. The first-order valence-electron chi connectivity index (χ1n) is 45.5. The third kappa shape index (κ3) is 29.5. The Morgan fingerprint density at radius 1 is 0.317 bits per heavy atom. The first-order valence-corrected chi connectivity index (χ1v) is 45.5. The van der Waals surface area contributed by atoms with Crippen molar-refractivity contribution in [2.24, 2.45) is 59.2 Å². The van der Waals surface area contributed by atoms with Crippen molar-refractivity contribution in [3.63, 3.8) is 0 Å². The summed E-state index contributed by atoms with van der Waals surface area (Å²) in [6, 6.07) is 43.7. The van der Waals surface area contributed by atoms with Crippen molar-refractivity contribution in [2.45, 2.75) is 232 Å². The molecule has 6 aliphatic carbocycles. The van der Waals surface area contributed by atoms with Crippen molar-refractivity contribution >= 4 is 47.8 Å². The highest BCUT2D eigenvalue weighted by atomic mass is 16.6. The first-order chi connectivity index (χ1) is 61.0. The second kappa shape index (κ2) is 47.9. The van der Waals surface area contributed by atoms with Gasteiger partial charge in [0.1, 0.15) is 11.5 Å². The fourth-order valence-corrected chi connectivity index (χ4v) is 17.6. The van der Waals surface area contributed by atoms with E-state index in [0.717, 1.165) is 108 Å². The lowest BCUT2D eigenvalue weighted by Crippen LogP contribution is -2.39. The maximum absolute atomic E-state index is 13.8. The Kier molecular flexibility index (Phi) is 35.9. The van der Waals surface area contributed by atoms with Crippen molar-refractivity contribution in [3.05, 3.63) is 226 Å². The Hall–Kier alpha value is -12.1. The number of carbonyl (C=O) groups is 8. The summed E-state index contributed by atoms with van der Waals surface area (Å²) < 4.78 is 45.3. The normalized spacial score (nSPS) is 22.9. The second-order valence-corrected chi connectivity index (χ2v) is 35.4. The number of rotatable bonds is 26. The molecule has 126 heavy (non-hydrogen) atoms. The molecule has 6 saturated carbocycles. The van der Waals surface area contributed by atoms with Crippen LogP contribution in [0.4, 0.5) is 0 Å². The van der Waals surface area contributed by atoms with Gasteiger partial charge < -0.3 is 37.9 Å². The maximum Gasteiger partial charge on any atom is 0.339 e. The molecular formula is C110H120O16. The number of hydrogen-bond acceptors (Lipinski definition) is 16. The van der Waals surface area contributed by atoms with Gasteiger partial charge in [-0.3, -0.25) is 19.2 Å². The van der Waals surface area contributed by atoms with Crippen LogP contribution in [0.2, 0.25) is 0 Å².